The normalized spacial score (nSPS) is 21.5. The van der Waals surface area contributed by atoms with Gasteiger partial charge in [0.25, 0.3) is 5.69 Å². The quantitative estimate of drug-likeness (QED) is 0.582. The van der Waals surface area contributed by atoms with Crippen molar-refractivity contribution < 1.29 is 24.3 Å². The molecule has 0 saturated carbocycles. The first kappa shape index (κ1) is 19.8. The smallest absolute Gasteiger partial charge is 0.305 e. The number of para-hydroxylation sites is 1. The topological polar surface area (TPSA) is 102 Å². The molecule has 0 aliphatic carbocycles. The molecule has 2 aromatic carbocycles. The summed E-state index contributed by atoms with van der Waals surface area (Å²) in [7, 11) is 1.44. The highest BCUT2D eigenvalue weighted by Gasteiger charge is 2.54. The van der Waals surface area contributed by atoms with Gasteiger partial charge in [-0.3, -0.25) is 14.9 Å². The van der Waals surface area contributed by atoms with Crippen LogP contribution in [0.2, 0.25) is 0 Å². The standard InChI is InChI=1S/C22H22N2O6/c1-13-10-15-11-16(24(27)28)12-19(29-3)21(15)30-22(13)14(2)17-6-4-5-7-18(17)23(22)9-8-20(25)26/h4-7,10-12,14H,8-9H2,1-3H3,(H,25,26). The third kappa shape index (κ3) is 2.79. The van der Waals surface area contributed by atoms with Gasteiger partial charge in [-0.05, 0) is 30.2 Å². The minimum atomic E-state index is -0.949. The van der Waals surface area contributed by atoms with Gasteiger partial charge in [0.15, 0.2) is 11.5 Å². The van der Waals surface area contributed by atoms with E-state index in [2.05, 4.69) is 0 Å². The van der Waals surface area contributed by atoms with Crippen LogP contribution < -0.4 is 14.4 Å². The van der Waals surface area contributed by atoms with E-state index >= 15 is 0 Å². The maximum Gasteiger partial charge on any atom is 0.305 e. The van der Waals surface area contributed by atoms with Crippen molar-refractivity contribution >= 4 is 23.4 Å². The molecule has 2 aliphatic rings. The van der Waals surface area contributed by atoms with E-state index in [1.807, 2.05) is 49.1 Å². The lowest BCUT2D eigenvalue weighted by atomic mass is 9.85. The van der Waals surface area contributed by atoms with Crippen LogP contribution in [-0.4, -0.2) is 35.4 Å². The van der Waals surface area contributed by atoms with Gasteiger partial charge in [0, 0.05) is 29.8 Å². The highest BCUT2D eigenvalue weighted by Crippen LogP contribution is 2.56. The molecule has 1 N–H and O–H groups in total. The summed E-state index contributed by atoms with van der Waals surface area (Å²) in [5.74, 6) is -0.322. The number of nitro groups is 1. The molecule has 2 heterocycles. The van der Waals surface area contributed by atoms with Crippen molar-refractivity contribution in [2.75, 3.05) is 18.6 Å². The number of benzene rings is 2. The molecule has 156 valence electrons. The van der Waals surface area contributed by atoms with Gasteiger partial charge in [0.05, 0.1) is 24.5 Å². The third-order valence-corrected chi connectivity index (χ3v) is 5.93. The monoisotopic (exact) mass is 410 g/mol. The lowest BCUT2D eigenvalue weighted by molar-refractivity contribution is -0.385. The molecule has 0 amide bonds. The van der Waals surface area contributed by atoms with E-state index in [1.165, 1.54) is 19.2 Å². The zero-order valence-electron chi connectivity index (χ0n) is 16.9. The number of aliphatic carboxylic acids is 1. The molecule has 8 nitrogen and oxygen atoms in total. The second kappa shape index (κ2) is 7.05. The summed E-state index contributed by atoms with van der Waals surface area (Å²) in [6, 6.07) is 10.6. The van der Waals surface area contributed by atoms with Crippen molar-refractivity contribution in [2.24, 2.45) is 0 Å². The van der Waals surface area contributed by atoms with Crippen LogP contribution in [0.25, 0.3) is 6.08 Å². The molecule has 2 aromatic rings. The Balaban J connectivity index is 1.89. The zero-order chi connectivity index (χ0) is 21.6. The number of methoxy groups -OCH3 is 1. The summed E-state index contributed by atoms with van der Waals surface area (Å²) >= 11 is 0. The number of carboxylic acid groups (broad SMARTS) is 1. The summed E-state index contributed by atoms with van der Waals surface area (Å²) < 4.78 is 12.0. The van der Waals surface area contributed by atoms with Crippen LogP contribution in [0.3, 0.4) is 0 Å². The van der Waals surface area contributed by atoms with Gasteiger partial charge >= 0.3 is 5.97 Å². The molecule has 2 atom stereocenters. The Morgan fingerprint density at radius 2 is 2.10 bits per heavy atom. The first-order valence-corrected chi connectivity index (χ1v) is 9.62. The van der Waals surface area contributed by atoms with Crippen molar-refractivity contribution in [1.82, 2.24) is 0 Å². The average molecular weight is 410 g/mol. The maximum atomic E-state index is 11.3. The van der Waals surface area contributed by atoms with E-state index in [4.69, 9.17) is 9.47 Å². The van der Waals surface area contributed by atoms with Crippen LogP contribution in [0.1, 0.15) is 37.3 Å². The van der Waals surface area contributed by atoms with Crippen molar-refractivity contribution in [3.05, 3.63) is 63.2 Å². The van der Waals surface area contributed by atoms with Crippen molar-refractivity contribution in [1.29, 1.82) is 0 Å². The average Bonchev–Trinajstić information content (AvgIpc) is 2.95. The fraction of sp³-hybridized carbons (Fsp3) is 0.318. The zero-order valence-corrected chi connectivity index (χ0v) is 16.9. The lowest BCUT2D eigenvalue weighted by Crippen LogP contribution is -2.55. The van der Waals surface area contributed by atoms with Crippen LogP contribution in [0.5, 0.6) is 11.5 Å². The number of hydrogen-bond donors (Lipinski definition) is 1. The summed E-state index contributed by atoms with van der Waals surface area (Å²) in [5.41, 5.74) is 2.34. The second-order valence-corrected chi connectivity index (χ2v) is 7.53. The third-order valence-electron chi connectivity index (χ3n) is 5.93. The Kier molecular flexibility index (Phi) is 4.64. The number of anilines is 1. The molecule has 2 unspecified atom stereocenters. The van der Waals surface area contributed by atoms with Crippen LogP contribution in [0.4, 0.5) is 11.4 Å². The molecule has 0 bridgehead atoms. The first-order valence-electron chi connectivity index (χ1n) is 9.62. The van der Waals surface area contributed by atoms with E-state index in [0.717, 1.165) is 16.8 Å². The number of rotatable bonds is 5. The Morgan fingerprint density at radius 3 is 2.77 bits per heavy atom. The van der Waals surface area contributed by atoms with Crippen LogP contribution in [0.15, 0.2) is 42.0 Å². The minimum absolute atomic E-state index is 0.0519. The number of hydrogen-bond acceptors (Lipinski definition) is 6. The number of fused-ring (bicyclic) bond motifs is 2. The molecule has 30 heavy (non-hydrogen) atoms. The molecule has 1 spiro atoms. The highest BCUT2D eigenvalue weighted by molar-refractivity contribution is 5.77. The number of ether oxygens (including phenoxy) is 2. The predicted octanol–water partition coefficient (Wildman–Crippen LogP) is 4.19. The largest absolute Gasteiger partial charge is 0.493 e. The SMILES string of the molecule is COc1cc([N+](=O)[O-])cc2c1OC1(C(C)=C2)C(C)c2ccccc2N1CCC(=O)O. The summed E-state index contributed by atoms with van der Waals surface area (Å²) in [5, 5.41) is 20.6. The van der Waals surface area contributed by atoms with E-state index in [9.17, 15) is 20.0 Å². The van der Waals surface area contributed by atoms with Gasteiger partial charge in [-0.2, -0.15) is 0 Å². The molecule has 8 heteroatoms. The summed E-state index contributed by atoms with van der Waals surface area (Å²) in [6.45, 7) is 4.21. The van der Waals surface area contributed by atoms with Crippen molar-refractivity contribution in [3.63, 3.8) is 0 Å². The van der Waals surface area contributed by atoms with Crippen LogP contribution in [0, 0.1) is 10.1 Å². The van der Waals surface area contributed by atoms with Gasteiger partial charge in [-0.15, -0.1) is 0 Å². The molecular weight excluding hydrogens is 388 g/mol. The molecule has 0 aromatic heterocycles. The number of non-ortho nitro benzene ring substituents is 1. The summed E-state index contributed by atoms with van der Waals surface area (Å²) in [6.07, 6.45) is 1.81. The fourth-order valence-electron chi connectivity index (χ4n) is 4.57. The van der Waals surface area contributed by atoms with Crippen molar-refractivity contribution in [3.8, 4) is 11.5 Å². The molecule has 0 saturated heterocycles. The number of nitro benzene ring substituents is 1. The van der Waals surface area contributed by atoms with Gasteiger partial charge in [-0.25, -0.2) is 0 Å². The van der Waals surface area contributed by atoms with Gasteiger partial charge in [-0.1, -0.05) is 25.1 Å². The molecule has 4 rings (SSSR count). The van der Waals surface area contributed by atoms with E-state index < -0.39 is 16.6 Å². The fourth-order valence-corrected chi connectivity index (χ4v) is 4.57. The molecule has 0 fully saturated rings. The van der Waals surface area contributed by atoms with E-state index in [-0.39, 0.29) is 30.3 Å². The Hall–Kier alpha value is -3.55. The molecule has 0 radical (unpaired) electrons. The Labute approximate surface area is 173 Å². The second-order valence-electron chi connectivity index (χ2n) is 7.53. The van der Waals surface area contributed by atoms with Crippen molar-refractivity contribution in [2.45, 2.75) is 31.9 Å². The summed E-state index contributed by atoms with van der Waals surface area (Å²) in [4.78, 5) is 24.2. The van der Waals surface area contributed by atoms with Gasteiger partial charge < -0.3 is 19.5 Å². The Bertz CT molecular complexity index is 1080. The number of carboxylic acids is 1. The minimum Gasteiger partial charge on any atom is -0.493 e. The van der Waals surface area contributed by atoms with Gasteiger partial charge in [0.2, 0.25) is 5.72 Å². The predicted molar refractivity (Wildman–Crippen MR) is 111 cm³/mol. The highest BCUT2D eigenvalue weighted by atomic mass is 16.6. The van der Waals surface area contributed by atoms with Crippen LogP contribution in [-0.2, 0) is 4.79 Å². The van der Waals surface area contributed by atoms with E-state index in [1.54, 1.807) is 0 Å². The molecule has 2 aliphatic heterocycles. The Morgan fingerprint density at radius 1 is 1.37 bits per heavy atom. The van der Waals surface area contributed by atoms with E-state index in [0.29, 0.717) is 11.3 Å². The van der Waals surface area contributed by atoms with Crippen LogP contribution >= 0.6 is 0 Å². The lowest BCUT2D eigenvalue weighted by Gasteiger charge is -2.46. The number of nitrogens with zero attached hydrogens (tertiary/aromatic N) is 2. The molecular formula is C22H22N2O6. The first-order chi connectivity index (χ1) is 14.3. The number of carbonyl (C=O) groups is 1. The van der Waals surface area contributed by atoms with Gasteiger partial charge in [0.1, 0.15) is 0 Å². The maximum absolute atomic E-state index is 11.3.